The highest BCUT2D eigenvalue weighted by Gasteiger charge is 2.50. The second kappa shape index (κ2) is 10.2. The topological polar surface area (TPSA) is 110 Å². The van der Waals surface area contributed by atoms with Crippen LogP contribution in [0.2, 0.25) is 0 Å². The van der Waals surface area contributed by atoms with Gasteiger partial charge >= 0.3 is 21.7 Å². The second-order valence-corrected chi connectivity index (χ2v) is 10.9. The maximum absolute atomic E-state index is 12.9. The summed E-state index contributed by atoms with van der Waals surface area (Å²) < 4.78 is 102. The summed E-state index contributed by atoms with van der Waals surface area (Å²) in [6, 6.07) is 3.63. The lowest BCUT2D eigenvalue weighted by Gasteiger charge is -2.31. The fourth-order valence-corrected chi connectivity index (χ4v) is 5.32. The maximum atomic E-state index is 12.9. The first-order valence-corrected chi connectivity index (χ1v) is 13.0. The number of carbonyl (C=O) groups excluding carboxylic acids is 1. The van der Waals surface area contributed by atoms with Crippen LogP contribution in [0.5, 0.6) is 0 Å². The number of piperidine rings is 1. The van der Waals surface area contributed by atoms with Gasteiger partial charge in [-0.1, -0.05) is 0 Å². The molecule has 0 unspecified atom stereocenters. The van der Waals surface area contributed by atoms with Gasteiger partial charge in [0.1, 0.15) is 0 Å². The zero-order valence-electron chi connectivity index (χ0n) is 20.5. The van der Waals surface area contributed by atoms with E-state index in [1.54, 1.807) is 19.9 Å². The molecule has 0 aromatic carbocycles. The molecule has 16 heteroatoms. The minimum Gasteiger partial charge on any atom is -0.320 e. The Labute approximate surface area is 218 Å². The maximum Gasteiger partial charge on any atom is 0.511 e. The van der Waals surface area contributed by atoms with E-state index in [1.807, 2.05) is 0 Å². The van der Waals surface area contributed by atoms with Crippen molar-refractivity contribution in [2.75, 3.05) is 18.4 Å². The number of amides is 1. The van der Waals surface area contributed by atoms with Gasteiger partial charge in [0.05, 0.1) is 34.9 Å². The van der Waals surface area contributed by atoms with Crippen molar-refractivity contribution in [3.8, 4) is 5.82 Å². The summed E-state index contributed by atoms with van der Waals surface area (Å²) in [5, 5.41) is 6.72. The van der Waals surface area contributed by atoms with Crippen molar-refractivity contribution in [3.05, 3.63) is 64.9 Å². The molecule has 0 bridgehead atoms. The molecular formula is C23H22F6N6O3S. The Morgan fingerprint density at radius 1 is 1.00 bits per heavy atom. The van der Waals surface area contributed by atoms with Gasteiger partial charge in [-0.15, -0.1) is 0 Å². The van der Waals surface area contributed by atoms with Crippen LogP contribution in [0.3, 0.4) is 0 Å². The van der Waals surface area contributed by atoms with Crippen LogP contribution in [0.15, 0.2) is 36.8 Å². The van der Waals surface area contributed by atoms with Gasteiger partial charge in [-0.2, -0.15) is 35.7 Å². The number of anilines is 1. The average molecular weight is 577 g/mol. The van der Waals surface area contributed by atoms with E-state index in [0.717, 1.165) is 12.1 Å². The summed E-state index contributed by atoms with van der Waals surface area (Å²) in [4.78, 5) is 21.0. The predicted molar refractivity (Wildman–Crippen MR) is 127 cm³/mol. The van der Waals surface area contributed by atoms with E-state index in [1.165, 1.54) is 17.1 Å². The zero-order valence-corrected chi connectivity index (χ0v) is 21.3. The highest BCUT2D eigenvalue weighted by Crippen LogP contribution is 2.35. The normalized spacial score (nSPS) is 15.9. The number of aryl methyl sites for hydroxylation is 1. The minimum atomic E-state index is -5.38. The Hall–Kier alpha value is -3.53. The molecule has 0 spiro atoms. The average Bonchev–Trinajstić information content (AvgIpc) is 3.24. The molecule has 39 heavy (non-hydrogen) atoms. The van der Waals surface area contributed by atoms with Crippen LogP contribution in [0.1, 0.15) is 51.6 Å². The van der Waals surface area contributed by atoms with Crippen molar-refractivity contribution in [1.82, 2.24) is 24.1 Å². The first-order chi connectivity index (χ1) is 18.1. The van der Waals surface area contributed by atoms with Gasteiger partial charge < -0.3 is 5.32 Å². The molecule has 0 atom stereocenters. The summed E-state index contributed by atoms with van der Waals surface area (Å²) in [6.45, 7) is 2.70. The SMILES string of the molecule is Cc1cc(NC(=O)c2cnn(-c3ccc(C(F)(F)F)cn3)c2C)cnc1C1CCN(S(=O)(=O)C(F)(F)F)CC1. The van der Waals surface area contributed by atoms with E-state index >= 15 is 0 Å². The Kier molecular flexibility index (Phi) is 7.46. The lowest BCUT2D eigenvalue weighted by molar-refractivity contribution is -0.137. The molecule has 9 nitrogen and oxygen atoms in total. The molecule has 1 aliphatic heterocycles. The zero-order chi connectivity index (χ0) is 28.8. The number of hydrogen-bond donors (Lipinski definition) is 1. The van der Waals surface area contributed by atoms with Gasteiger partial charge in [-0.05, 0) is 50.5 Å². The monoisotopic (exact) mass is 576 g/mol. The van der Waals surface area contributed by atoms with Crippen LogP contribution >= 0.6 is 0 Å². The summed E-state index contributed by atoms with van der Waals surface area (Å²) >= 11 is 0. The summed E-state index contributed by atoms with van der Waals surface area (Å²) in [5.41, 5.74) is -4.20. The van der Waals surface area contributed by atoms with Gasteiger partial charge in [-0.25, -0.2) is 18.1 Å². The number of sulfonamides is 1. The number of pyridine rings is 2. The number of halogens is 6. The molecule has 1 saturated heterocycles. The first kappa shape index (κ1) is 28.5. The molecule has 1 amide bonds. The highest BCUT2D eigenvalue weighted by atomic mass is 32.2. The fourth-order valence-electron chi connectivity index (χ4n) is 4.34. The van der Waals surface area contributed by atoms with Crippen molar-refractivity contribution < 1.29 is 39.6 Å². The molecule has 0 radical (unpaired) electrons. The van der Waals surface area contributed by atoms with Gasteiger partial charge in [0.2, 0.25) is 0 Å². The summed E-state index contributed by atoms with van der Waals surface area (Å²) in [7, 11) is -5.38. The van der Waals surface area contributed by atoms with Crippen LogP contribution in [-0.2, 0) is 16.2 Å². The number of nitrogens with zero attached hydrogens (tertiary/aromatic N) is 5. The Morgan fingerprint density at radius 3 is 2.21 bits per heavy atom. The molecule has 1 fully saturated rings. The van der Waals surface area contributed by atoms with E-state index in [4.69, 9.17) is 0 Å². The van der Waals surface area contributed by atoms with E-state index in [0.29, 0.717) is 33.1 Å². The third-order valence-corrected chi connectivity index (χ3v) is 8.03. The molecule has 4 rings (SSSR count). The lowest BCUT2D eigenvalue weighted by atomic mass is 9.91. The van der Waals surface area contributed by atoms with Crippen molar-refractivity contribution in [2.24, 2.45) is 0 Å². The molecule has 3 aromatic rings. The van der Waals surface area contributed by atoms with Crippen molar-refractivity contribution in [1.29, 1.82) is 0 Å². The first-order valence-electron chi connectivity index (χ1n) is 11.5. The molecule has 1 N–H and O–H groups in total. The van der Waals surface area contributed by atoms with Crippen LogP contribution in [-0.4, -0.2) is 57.0 Å². The van der Waals surface area contributed by atoms with Crippen LogP contribution in [0.25, 0.3) is 5.82 Å². The number of carbonyl (C=O) groups is 1. The predicted octanol–water partition coefficient (Wildman–Crippen LogP) is 4.58. The lowest BCUT2D eigenvalue weighted by Crippen LogP contribution is -2.44. The molecule has 210 valence electrons. The third-order valence-electron chi connectivity index (χ3n) is 6.40. The van der Waals surface area contributed by atoms with E-state index in [9.17, 15) is 39.6 Å². The van der Waals surface area contributed by atoms with E-state index in [-0.39, 0.29) is 43.2 Å². The third kappa shape index (κ3) is 5.75. The molecule has 0 saturated carbocycles. The molecular weight excluding hydrogens is 554 g/mol. The number of hydrogen-bond acceptors (Lipinski definition) is 6. The molecule has 3 aromatic heterocycles. The summed E-state index contributed by atoms with van der Waals surface area (Å²) in [5.74, 6) is -0.716. The highest BCUT2D eigenvalue weighted by molar-refractivity contribution is 7.90. The van der Waals surface area contributed by atoms with E-state index < -0.39 is 33.2 Å². The fraction of sp³-hybridized carbons (Fsp3) is 0.391. The van der Waals surface area contributed by atoms with Gasteiger partial charge in [-0.3, -0.25) is 9.78 Å². The smallest absolute Gasteiger partial charge is 0.320 e. The minimum absolute atomic E-state index is 0.0931. The quantitative estimate of drug-likeness (QED) is 0.446. The van der Waals surface area contributed by atoms with Gasteiger partial charge in [0.25, 0.3) is 5.91 Å². The standard InChI is InChI=1S/C23H22F6N6O3S/c1-13-9-17(11-31-20(13)15-5-7-34(8-6-15)39(37,38)23(27,28)29)33-21(36)18-12-32-35(14(18)2)19-4-3-16(10-30-19)22(24,25)26/h3-4,9-12,15H,5-8H2,1-2H3,(H,33,36). The van der Waals surface area contributed by atoms with Crippen molar-refractivity contribution in [2.45, 2.75) is 44.3 Å². The summed E-state index contributed by atoms with van der Waals surface area (Å²) in [6.07, 6.45) is -0.915. The molecule has 1 aliphatic rings. The Morgan fingerprint density at radius 2 is 1.67 bits per heavy atom. The second-order valence-electron chi connectivity index (χ2n) is 8.96. The Bertz CT molecular complexity index is 1480. The number of alkyl halides is 6. The number of nitrogens with one attached hydrogen (secondary N) is 1. The van der Waals surface area contributed by atoms with Crippen molar-refractivity contribution >= 4 is 21.6 Å². The van der Waals surface area contributed by atoms with Crippen LogP contribution in [0.4, 0.5) is 32.0 Å². The Balaban J connectivity index is 1.43. The number of aromatic nitrogens is 4. The largest absolute Gasteiger partial charge is 0.511 e. The number of rotatable bonds is 5. The van der Waals surface area contributed by atoms with Gasteiger partial charge in [0, 0.05) is 30.9 Å². The van der Waals surface area contributed by atoms with Crippen LogP contribution in [0, 0.1) is 13.8 Å². The van der Waals surface area contributed by atoms with Gasteiger partial charge in [0.15, 0.2) is 5.82 Å². The van der Waals surface area contributed by atoms with E-state index in [2.05, 4.69) is 20.4 Å². The van der Waals surface area contributed by atoms with Crippen LogP contribution < -0.4 is 5.32 Å². The van der Waals surface area contributed by atoms with Crippen molar-refractivity contribution in [3.63, 3.8) is 0 Å². The molecule has 0 aliphatic carbocycles. The molecule has 4 heterocycles.